The third kappa shape index (κ3) is 3.25. The van der Waals surface area contributed by atoms with Gasteiger partial charge in [0.1, 0.15) is 0 Å². The molecular formula is C15H18NO2P. The summed E-state index contributed by atoms with van der Waals surface area (Å²) in [5, 5.41) is 0.736. The highest BCUT2D eigenvalue weighted by atomic mass is 31.2. The first-order valence-electron chi connectivity index (χ1n) is 6.28. The van der Waals surface area contributed by atoms with Crippen LogP contribution in [0.1, 0.15) is 12.5 Å². The SMILES string of the molecule is CCOP(=O)(Cc1ccccc1N)c1ccccc1. The lowest BCUT2D eigenvalue weighted by Crippen LogP contribution is -2.10. The minimum absolute atomic E-state index is 0.331. The lowest BCUT2D eigenvalue weighted by atomic mass is 10.2. The largest absolute Gasteiger partial charge is 0.398 e. The molecule has 19 heavy (non-hydrogen) atoms. The Morgan fingerprint density at radius 2 is 1.68 bits per heavy atom. The summed E-state index contributed by atoms with van der Waals surface area (Å²) in [7, 11) is -2.90. The molecule has 0 aliphatic heterocycles. The Morgan fingerprint density at radius 1 is 1.05 bits per heavy atom. The zero-order valence-electron chi connectivity index (χ0n) is 11.0. The molecule has 2 aromatic carbocycles. The van der Waals surface area contributed by atoms with E-state index in [1.807, 2.05) is 61.5 Å². The van der Waals surface area contributed by atoms with Crippen molar-refractivity contribution in [2.75, 3.05) is 12.3 Å². The van der Waals surface area contributed by atoms with Crippen LogP contribution in [0.5, 0.6) is 0 Å². The maximum Gasteiger partial charge on any atom is 0.236 e. The molecule has 2 aromatic rings. The van der Waals surface area contributed by atoms with Gasteiger partial charge in [-0.1, -0.05) is 36.4 Å². The molecule has 0 radical (unpaired) electrons. The Kier molecular flexibility index (Phi) is 4.41. The second-order valence-electron chi connectivity index (χ2n) is 4.28. The third-order valence-corrected chi connectivity index (χ3v) is 5.44. The molecule has 0 spiro atoms. The van der Waals surface area contributed by atoms with Gasteiger partial charge >= 0.3 is 0 Å². The molecule has 0 heterocycles. The summed E-state index contributed by atoms with van der Waals surface area (Å²) in [6, 6.07) is 16.8. The molecule has 100 valence electrons. The standard InChI is InChI=1S/C15H18NO2P/c1-2-18-19(17,14-9-4-3-5-10-14)12-13-8-6-7-11-15(13)16/h3-11H,2,12,16H2,1H3. The van der Waals surface area contributed by atoms with Crippen molar-refractivity contribution in [2.24, 2.45) is 0 Å². The summed E-state index contributed by atoms with van der Waals surface area (Å²) in [4.78, 5) is 0. The van der Waals surface area contributed by atoms with Crippen molar-refractivity contribution in [2.45, 2.75) is 13.1 Å². The number of anilines is 1. The fourth-order valence-corrected chi connectivity index (χ4v) is 4.18. The van der Waals surface area contributed by atoms with E-state index >= 15 is 0 Å². The van der Waals surface area contributed by atoms with Crippen LogP contribution in [-0.2, 0) is 15.3 Å². The monoisotopic (exact) mass is 275 g/mol. The first-order valence-corrected chi connectivity index (χ1v) is 8.09. The van der Waals surface area contributed by atoms with Crippen LogP contribution in [0.3, 0.4) is 0 Å². The van der Waals surface area contributed by atoms with Gasteiger partial charge in [0, 0.05) is 11.0 Å². The Morgan fingerprint density at radius 3 is 2.32 bits per heavy atom. The van der Waals surface area contributed by atoms with Gasteiger partial charge in [-0.3, -0.25) is 4.57 Å². The van der Waals surface area contributed by atoms with E-state index in [2.05, 4.69) is 0 Å². The highest BCUT2D eigenvalue weighted by molar-refractivity contribution is 7.66. The Balaban J connectivity index is 2.36. The van der Waals surface area contributed by atoms with Crippen LogP contribution >= 0.6 is 7.37 Å². The Hall–Kier alpha value is -1.57. The molecule has 0 saturated carbocycles. The van der Waals surface area contributed by atoms with E-state index in [-0.39, 0.29) is 0 Å². The Bertz CT molecular complexity index is 584. The van der Waals surface area contributed by atoms with Gasteiger partial charge in [-0.05, 0) is 30.7 Å². The first kappa shape index (κ1) is 13.9. The maximum atomic E-state index is 13.1. The lowest BCUT2D eigenvalue weighted by molar-refractivity contribution is 0.340. The zero-order valence-corrected chi connectivity index (χ0v) is 11.8. The second-order valence-corrected chi connectivity index (χ2v) is 6.72. The average Bonchev–Trinajstić information content (AvgIpc) is 2.43. The molecule has 1 atom stereocenters. The second kappa shape index (κ2) is 6.05. The van der Waals surface area contributed by atoms with Crippen molar-refractivity contribution < 1.29 is 9.09 Å². The van der Waals surface area contributed by atoms with Gasteiger partial charge in [0.05, 0.1) is 12.8 Å². The third-order valence-electron chi connectivity index (χ3n) is 2.92. The fraction of sp³-hybridized carbons (Fsp3) is 0.200. The van der Waals surface area contributed by atoms with Gasteiger partial charge in [0.15, 0.2) is 0 Å². The number of rotatable bonds is 5. The van der Waals surface area contributed by atoms with E-state index in [4.69, 9.17) is 10.3 Å². The van der Waals surface area contributed by atoms with Crippen LogP contribution < -0.4 is 11.0 Å². The number of nitrogens with two attached hydrogens (primary N) is 1. The van der Waals surface area contributed by atoms with E-state index in [0.717, 1.165) is 10.9 Å². The number of para-hydroxylation sites is 1. The van der Waals surface area contributed by atoms with Crippen molar-refractivity contribution in [3.63, 3.8) is 0 Å². The molecule has 0 aliphatic rings. The molecule has 0 bridgehead atoms. The van der Waals surface area contributed by atoms with Crippen LogP contribution in [0.15, 0.2) is 54.6 Å². The van der Waals surface area contributed by atoms with Crippen LogP contribution in [0.4, 0.5) is 5.69 Å². The summed E-state index contributed by atoms with van der Waals surface area (Å²) in [6.07, 6.45) is 0.331. The molecule has 2 rings (SSSR count). The van der Waals surface area contributed by atoms with Crippen LogP contribution in [0, 0.1) is 0 Å². The summed E-state index contributed by atoms with van der Waals surface area (Å²) < 4.78 is 18.6. The topological polar surface area (TPSA) is 52.3 Å². The molecule has 4 heteroatoms. The van der Waals surface area contributed by atoms with Crippen molar-refractivity contribution in [3.05, 3.63) is 60.2 Å². The summed E-state index contributed by atoms with van der Waals surface area (Å²) in [6.45, 7) is 2.27. The molecule has 0 aliphatic carbocycles. The van der Waals surface area contributed by atoms with Gasteiger partial charge in [0.25, 0.3) is 0 Å². The summed E-state index contributed by atoms with van der Waals surface area (Å²) in [5.41, 5.74) is 7.44. The van der Waals surface area contributed by atoms with Gasteiger partial charge in [-0.25, -0.2) is 0 Å². The molecule has 0 fully saturated rings. The van der Waals surface area contributed by atoms with E-state index in [1.165, 1.54) is 0 Å². The minimum Gasteiger partial charge on any atom is -0.398 e. The zero-order chi connectivity index (χ0) is 13.7. The van der Waals surface area contributed by atoms with Crippen LogP contribution in [0.25, 0.3) is 0 Å². The minimum atomic E-state index is -2.90. The maximum absolute atomic E-state index is 13.1. The Labute approximate surface area is 113 Å². The van der Waals surface area contributed by atoms with Crippen molar-refractivity contribution in [1.29, 1.82) is 0 Å². The average molecular weight is 275 g/mol. The predicted octanol–water partition coefficient (Wildman–Crippen LogP) is 3.41. The first-order chi connectivity index (χ1) is 9.15. The van der Waals surface area contributed by atoms with Gasteiger partial charge in [-0.15, -0.1) is 0 Å². The number of hydrogen-bond donors (Lipinski definition) is 1. The molecule has 3 nitrogen and oxygen atoms in total. The number of hydrogen-bond acceptors (Lipinski definition) is 3. The van der Waals surface area contributed by atoms with Crippen LogP contribution in [-0.4, -0.2) is 6.61 Å². The van der Waals surface area contributed by atoms with E-state index in [0.29, 0.717) is 18.5 Å². The molecular weight excluding hydrogens is 257 g/mol. The van der Waals surface area contributed by atoms with Gasteiger partial charge in [0.2, 0.25) is 7.37 Å². The molecule has 0 aromatic heterocycles. The van der Waals surface area contributed by atoms with Crippen molar-refractivity contribution >= 4 is 18.4 Å². The molecule has 0 amide bonds. The lowest BCUT2D eigenvalue weighted by Gasteiger charge is -2.19. The highest BCUT2D eigenvalue weighted by Gasteiger charge is 2.26. The van der Waals surface area contributed by atoms with Gasteiger partial charge in [-0.2, -0.15) is 0 Å². The normalized spacial score (nSPS) is 13.9. The van der Waals surface area contributed by atoms with Crippen molar-refractivity contribution in [3.8, 4) is 0 Å². The molecule has 2 N–H and O–H groups in total. The highest BCUT2D eigenvalue weighted by Crippen LogP contribution is 2.49. The smallest absolute Gasteiger partial charge is 0.236 e. The van der Waals surface area contributed by atoms with E-state index < -0.39 is 7.37 Å². The van der Waals surface area contributed by atoms with Crippen LogP contribution in [0.2, 0.25) is 0 Å². The summed E-state index contributed by atoms with van der Waals surface area (Å²) in [5.74, 6) is 0. The molecule has 1 unspecified atom stereocenters. The predicted molar refractivity (Wildman–Crippen MR) is 79.9 cm³/mol. The van der Waals surface area contributed by atoms with Crippen molar-refractivity contribution in [1.82, 2.24) is 0 Å². The number of nitrogen functional groups attached to an aromatic ring is 1. The summed E-state index contributed by atoms with van der Waals surface area (Å²) >= 11 is 0. The van der Waals surface area contributed by atoms with E-state index in [1.54, 1.807) is 0 Å². The molecule has 0 saturated heterocycles. The fourth-order valence-electron chi connectivity index (χ4n) is 1.98. The van der Waals surface area contributed by atoms with E-state index in [9.17, 15) is 4.57 Å². The number of benzene rings is 2. The van der Waals surface area contributed by atoms with Gasteiger partial charge < -0.3 is 10.3 Å². The quantitative estimate of drug-likeness (QED) is 0.672.